The first-order valence-electron chi connectivity index (χ1n) is 7.55. The second kappa shape index (κ2) is 8.43. The molecule has 0 fully saturated rings. The number of para-hydroxylation sites is 1. The zero-order valence-electron chi connectivity index (χ0n) is 13.9. The van der Waals surface area contributed by atoms with Gasteiger partial charge in [-0.3, -0.25) is 19.7 Å². The van der Waals surface area contributed by atoms with Gasteiger partial charge in [-0.25, -0.2) is 4.98 Å². The molecule has 9 heteroatoms. The molecule has 1 aromatic heterocycles. The van der Waals surface area contributed by atoms with E-state index in [1.54, 1.807) is 25.1 Å². The van der Waals surface area contributed by atoms with Gasteiger partial charge in [0.05, 0.1) is 4.92 Å². The van der Waals surface area contributed by atoms with Crippen molar-refractivity contribution in [2.24, 2.45) is 0 Å². The molecule has 132 valence electrons. The summed E-state index contributed by atoms with van der Waals surface area (Å²) >= 11 is 1.34. The lowest BCUT2D eigenvalue weighted by Gasteiger charge is -2.07. The van der Waals surface area contributed by atoms with Crippen molar-refractivity contribution in [2.75, 3.05) is 6.26 Å². The molecule has 0 saturated carbocycles. The molecule has 2 N–H and O–H groups in total. The van der Waals surface area contributed by atoms with Gasteiger partial charge in [0.1, 0.15) is 0 Å². The number of thioether (sulfide) groups is 1. The van der Waals surface area contributed by atoms with Crippen LogP contribution in [0.15, 0.2) is 34.2 Å². The van der Waals surface area contributed by atoms with E-state index in [2.05, 4.69) is 15.3 Å². The Hall–Kier alpha value is -2.68. The maximum Gasteiger partial charge on any atom is 0.274 e. The van der Waals surface area contributed by atoms with E-state index in [-0.39, 0.29) is 36.5 Å². The Kier molecular flexibility index (Phi) is 6.29. The summed E-state index contributed by atoms with van der Waals surface area (Å²) in [6, 6.07) is 6.24. The highest BCUT2D eigenvalue weighted by Crippen LogP contribution is 2.17. The van der Waals surface area contributed by atoms with Crippen LogP contribution in [0.5, 0.6) is 0 Å². The third-order valence-electron chi connectivity index (χ3n) is 3.66. The van der Waals surface area contributed by atoms with Gasteiger partial charge in [-0.05, 0) is 19.6 Å². The van der Waals surface area contributed by atoms with E-state index in [4.69, 9.17) is 0 Å². The summed E-state index contributed by atoms with van der Waals surface area (Å²) in [5.74, 6) is -0.286. The van der Waals surface area contributed by atoms with Crippen molar-refractivity contribution < 1.29 is 9.72 Å². The minimum Gasteiger partial charge on any atom is -0.352 e. The number of nitro groups is 1. The molecule has 0 aliphatic heterocycles. The standard InChI is InChI=1S/C16H18N4O4S/c1-10-12(15(22)19-16(18-10)25-2)7-8-14(21)17-9-11-5-3-4-6-13(11)20(23)24/h3-6H,7-9H2,1-2H3,(H,17,21)(H,18,19,22). The molecule has 0 aliphatic rings. The molecule has 25 heavy (non-hydrogen) atoms. The van der Waals surface area contributed by atoms with Crippen LogP contribution >= 0.6 is 11.8 Å². The number of aromatic nitrogens is 2. The van der Waals surface area contributed by atoms with Gasteiger partial charge in [-0.1, -0.05) is 30.0 Å². The van der Waals surface area contributed by atoms with Gasteiger partial charge in [0.15, 0.2) is 5.16 Å². The molecule has 2 aromatic rings. The SMILES string of the molecule is CSc1nc(C)c(CCC(=O)NCc2ccccc2[N+](=O)[O-])c(=O)[nH]1. The molecular weight excluding hydrogens is 344 g/mol. The molecule has 0 aliphatic carbocycles. The van der Waals surface area contributed by atoms with Crippen LogP contribution in [0.3, 0.4) is 0 Å². The Morgan fingerprint density at radius 3 is 2.76 bits per heavy atom. The van der Waals surface area contributed by atoms with Crippen molar-refractivity contribution in [2.45, 2.75) is 31.5 Å². The first-order valence-corrected chi connectivity index (χ1v) is 8.77. The molecule has 1 heterocycles. The Labute approximate surface area is 148 Å². The number of aryl methyl sites for hydroxylation is 1. The van der Waals surface area contributed by atoms with Crippen LogP contribution in [-0.4, -0.2) is 27.1 Å². The van der Waals surface area contributed by atoms with Crippen molar-refractivity contribution in [1.82, 2.24) is 15.3 Å². The maximum atomic E-state index is 12.0. The molecule has 0 spiro atoms. The highest BCUT2D eigenvalue weighted by molar-refractivity contribution is 7.98. The van der Waals surface area contributed by atoms with Crippen molar-refractivity contribution in [3.05, 3.63) is 61.6 Å². The van der Waals surface area contributed by atoms with Gasteiger partial charge in [0.2, 0.25) is 5.91 Å². The lowest BCUT2D eigenvalue weighted by molar-refractivity contribution is -0.385. The molecule has 1 aromatic carbocycles. The Balaban J connectivity index is 1.96. The van der Waals surface area contributed by atoms with Gasteiger partial charge >= 0.3 is 0 Å². The van der Waals surface area contributed by atoms with Crippen molar-refractivity contribution in [3.63, 3.8) is 0 Å². The summed E-state index contributed by atoms with van der Waals surface area (Å²) in [6.07, 6.45) is 2.17. The summed E-state index contributed by atoms with van der Waals surface area (Å²) in [7, 11) is 0. The summed E-state index contributed by atoms with van der Waals surface area (Å²) in [4.78, 5) is 41.4. The Morgan fingerprint density at radius 2 is 2.12 bits per heavy atom. The number of nitrogens with zero attached hydrogens (tertiary/aromatic N) is 2. The minimum absolute atomic E-state index is 0.0352. The minimum atomic E-state index is -0.483. The fourth-order valence-corrected chi connectivity index (χ4v) is 2.76. The van der Waals surface area contributed by atoms with Crippen LogP contribution in [0.1, 0.15) is 23.2 Å². The average molecular weight is 362 g/mol. The normalized spacial score (nSPS) is 10.5. The summed E-state index contributed by atoms with van der Waals surface area (Å²) in [5, 5.41) is 14.1. The highest BCUT2D eigenvalue weighted by Gasteiger charge is 2.14. The monoisotopic (exact) mass is 362 g/mol. The number of carbonyl (C=O) groups is 1. The summed E-state index contributed by atoms with van der Waals surface area (Å²) in [6.45, 7) is 1.80. The van der Waals surface area contributed by atoms with Crippen molar-refractivity contribution >= 4 is 23.4 Å². The van der Waals surface area contributed by atoms with Crippen LogP contribution in [-0.2, 0) is 17.8 Å². The molecule has 2 rings (SSSR count). The van der Waals surface area contributed by atoms with Crippen LogP contribution < -0.4 is 10.9 Å². The van der Waals surface area contributed by atoms with Gasteiger partial charge < -0.3 is 10.3 Å². The number of amides is 1. The predicted molar refractivity (Wildman–Crippen MR) is 94.6 cm³/mol. The molecule has 0 saturated heterocycles. The maximum absolute atomic E-state index is 12.0. The van der Waals surface area contributed by atoms with E-state index in [0.29, 0.717) is 22.0 Å². The second-order valence-corrected chi connectivity index (χ2v) is 6.10. The fourth-order valence-electron chi connectivity index (χ4n) is 2.33. The van der Waals surface area contributed by atoms with Crippen LogP contribution in [0.4, 0.5) is 5.69 Å². The molecule has 0 radical (unpaired) electrons. The van der Waals surface area contributed by atoms with Crippen LogP contribution in [0.25, 0.3) is 0 Å². The zero-order valence-corrected chi connectivity index (χ0v) is 14.7. The van der Waals surface area contributed by atoms with Gasteiger partial charge in [0, 0.05) is 35.9 Å². The van der Waals surface area contributed by atoms with Gasteiger partial charge in [-0.15, -0.1) is 0 Å². The number of nitrogens with one attached hydrogen (secondary N) is 2. The number of carbonyl (C=O) groups excluding carboxylic acids is 1. The molecule has 0 bridgehead atoms. The third-order valence-corrected chi connectivity index (χ3v) is 4.24. The number of H-pyrrole nitrogens is 1. The number of rotatable bonds is 7. The largest absolute Gasteiger partial charge is 0.352 e. The summed E-state index contributed by atoms with van der Waals surface area (Å²) < 4.78 is 0. The van der Waals surface area contributed by atoms with Crippen molar-refractivity contribution in [3.8, 4) is 0 Å². The first-order chi connectivity index (χ1) is 11.9. The Morgan fingerprint density at radius 1 is 1.40 bits per heavy atom. The molecule has 0 atom stereocenters. The van der Waals surface area contributed by atoms with Crippen LogP contribution in [0, 0.1) is 17.0 Å². The number of nitro benzene ring substituents is 1. The van der Waals surface area contributed by atoms with Gasteiger partial charge in [-0.2, -0.15) is 0 Å². The predicted octanol–water partition coefficient (Wildman–Crippen LogP) is 1.96. The van der Waals surface area contributed by atoms with Crippen molar-refractivity contribution in [1.29, 1.82) is 0 Å². The number of hydrogen-bond acceptors (Lipinski definition) is 6. The van der Waals surface area contributed by atoms with E-state index < -0.39 is 4.92 Å². The third kappa shape index (κ3) is 4.90. The van der Waals surface area contributed by atoms with E-state index in [1.807, 2.05) is 6.26 Å². The average Bonchev–Trinajstić information content (AvgIpc) is 2.59. The number of benzene rings is 1. The lowest BCUT2D eigenvalue weighted by Crippen LogP contribution is -2.25. The van der Waals surface area contributed by atoms with E-state index in [1.165, 1.54) is 17.8 Å². The van der Waals surface area contributed by atoms with E-state index in [0.717, 1.165) is 0 Å². The lowest BCUT2D eigenvalue weighted by atomic mass is 10.1. The van der Waals surface area contributed by atoms with E-state index >= 15 is 0 Å². The zero-order chi connectivity index (χ0) is 18.4. The topological polar surface area (TPSA) is 118 Å². The van der Waals surface area contributed by atoms with Gasteiger partial charge in [0.25, 0.3) is 11.2 Å². The smallest absolute Gasteiger partial charge is 0.274 e. The second-order valence-electron chi connectivity index (χ2n) is 5.30. The quantitative estimate of drug-likeness (QED) is 0.336. The molecule has 0 unspecified atom stereocenters. The van der Waals surface area contributed by atoms with E-state index in [9.17, 15) is 19.7 Å². The number of aromatic amines is 1. The highest BCUT2D eigenvalue weighted by atomic mass is 32.2. The molecule has 8 nitrogen and oxygen atoms in total. The molecular formula is C16H18N4O4S. The number of hydrogen-bond donors (Lipinski definition) is 2. The first kappa shape index (κ1) is 18.7. The Bertz CT molecular complexity index is 850. The summed E-state index contributed by atoms with van der Waals surface area (Å²) in [5.41, 5.74) is 1.22. The van der Waals surface area contributed by atoms with Crippen LogP contribution in [0.2, 0.25) is 0 Å². The molecule has 1 amide bonds. The fraction of sp³-hybridized carbons (Fsp3) is 0.312.